The van der Waals surface area contributed by atoms with Gasteiger partial charge in [0, 0.05) is 23.6 Å². The normalized spacial score (nSPS) is 21.3. The number of benzene rings is 1. The molecule has 0 amide bonds. The fourth-order valence-electron chi connectivity index (χ4n) is 4.06. The minimum Gasteiger partial charge on any atom is -0.469 e. The molecule has 6 nitrogen and oxygen atoms in total. The van der Waals surface area contributed by atoms with Crippen LogP contribution in [-0.4, -0.2) is 26.8 Å². The summed E-state index contributed by atoms with van der Waals surface area (Å²) in [5.74, 6) is 1.71. The van der Waals surface area contributed by atoms with Crippen LogP contribution in [0.25, 0.3) is 0 Å². The van der Waals surface area contributed by atoms with E-state index in [2.05, 4.69) is 46.6 Å². The third kappa shape index (κ3) is 2.77. The van der Waals surface area contributed by atoms with Crippen molar-refractivity contribution >= 4 is 23.5 Å². The van der Waals surface area contributed by atoms with Gasteiger partial charge in [-0.05, 0) is 37.3 Å². The van der Waals surface area contributed by atoms with Crippen LogP contribution in [0.4, 0.5) is 5.95 Å². The zero-order valence-corrected chi connectivity index (χ0v) is 16.5. The van der Waals surface area contributed by atoms with Crippen molar-refractivity contribution in [3.8, 4) is 0 Å². The van der Waals surface area contributed by atoms with Crippen molar-refractivity contribution in [2.75, 3.05) is 11.6 Å². The van der Waals surface area contributed by atoms with Crippen molar-refractivity contribution in [1.29, 1.82) is 0 Å². The van der Waals surface area contributed by atoms with Gasteiger partial charge in [-0.15, -0.1) is 5.10 Å². The van der Waals surface area contributed by atoms with E-state index < -0.39 is 0 Å². The lowest BCUT2D eigenvalue weighted by Crippen LogP contribution is -2.33. The Hall–Kier alpha value is -2.80. The van der Waals surface area contributed by atoms with Crippen LogP contribution in [0.5, 0.6) is 0 Å². The van der Waals surface area contributed by atoms with E-state index >= 15 is 0 Å². The van der Waals surface area contributed by atoms with Crippen LogP contribution in [0, 0.1) is 6.92 Å². The molecule has 1 aliphatic heterocycles. The van der Waals surface area contributed by atoms with Crippen molar-refractivity contribution in [2.45, 2.75) is 36.9 Å². The monoisotopic (exact) mass is 392 g/mol. The number of nitrogens with one attached hydrogen (secondary N) is 1. The smallest absolute Gasteiger partial charge is 0.227 e. The second-order valence-electron chi connectivity index (χ2n) is 7.24. The number of ketones is 1. The van der Waals surface area contributed by atoms with Gasteiger partial charge in [-0.3, -0.25) is 4.79 Å². The molecule has 2 unspecified atom stereocenters. The third-order valence-electron chi connectivity index (χ3n) is 5.42. The first kappa shape index (κ1) is 17.3. The van der Waals surface area contributed by atoms with Gasteiger partial charge in [0.1, 0.15) is 11.8 Å². The number of carbonyl (C=O) groups excluding carboxylic acids is 1. The molecule has 2 atom stereocenters. The van der Waals surface area contributed by atoms with Crippen molar-refractivity contribution in [1.82, 2.24) is 14.8 Å². The molecule has 0 spiro atoms. The van der Waals surface area contributed by atoms with Crippen LogP contribution in [-0.2, 0) is 4.79 Å². The first-order valence-electron chi connectivity index (χ1n) is 9.28. The van der Waals surface area contributed by atoms with Gasteiger partial charge in [0.15, 0.2) is 5.78 Å². The summed E-state index contributed by atoms with van der Waals surface area (Å²) in [6.45, 7) is 2.06. The number of carbonyl (C=O) groups is 1. The predicted octanol–water partition coefficient (Wildman–Crippen LogP) is 4.32. The van der Waals surface area contributed by atoms with Gasteiger partial charge in [0.25, 0.3) is 0 Å². The van der Waals surface area contributed by atoms with Crippen molar-refractivity contribution in [2.24, 2.45) is 0 Å². The van der Waals surface area contributed by atoms with E-state index in [0.717, 1.165) is 29.0 Å². The van der Waals surface area contributed by atoms with Crippen LogP contribution in [0.2, 0.25) is 0 Å². The largest absolute Gasteiger partial charge is 0.469 e. The Balaban J connectivity index is 1.63. The lowest BCUT2D eigenvalue weighted by molar-refractivity contribution is -0.117. The quantitative estimate of drug-likeness (QED) is 0.670. The topological polar surface area (TPSA) is 73.0 Å². The van der Waals surface area contributed by atoms with Crippen molar-refractivity contribution in [3.63, 3.8) is 0 Å². The highest BCUT2D eigenvalue weighted by molar-refractivity contribution is 7.98. The van der Waals surface area contributed by atoms with Crippen molar-refractivity contribution in [3.05, 3.63) is 70.8 Å². The van der Waals surface area contributed by atoms with E-state index in [0.29, 0.717) is 17.5 Å². The first-order chi connectivity index (χ1) is 13.6. The molecule has 1 N–H and O–H groups in total. The number of thioether (sulfide) groups is 1. The molecule has 3 aromatic rings. The molecule has 0 saturated carbocycles. The Kier molecular flexibility index (Phi) is 4.12. The van der Waals surface area contributed by atoms with Gasteiger partial charge in [0.2, 0.25) is 11.1 Å². The fourth-order valence-corrected chi connectivity index (χ4v) is 4.41. The highest BCUT2D eigenvalue weighted by atomic mass is 32.2. The zero-order chi connectivity index (χ0) is 19.3. The Morgan fingerprint density at radius 1 is 1.21 bits per heavy atom. The number of furan rings is 1. The summed E-state index contributed by atoms with van der Waals surface area (Å²) in [4.78, 5) is 17.9. The maximum Gasteiger partial charge on any atom is 0.227 e. The van der Waals surface area contributed by atoms with Gasteiger partial charge in [-0.2, -0.15) is 4.98 Å². The number of allylic oxidation sites excluding steroid dienone is 2. The number of fused-ring (bicyclic) bond motifs is 1. The molecule has 0 saturated heterocycles. The van der Waals surface area contributed by atoms with Crippen LogP contribution in [0.3, 0.4) is 0 Å². The molecule has 7 heteroatoms. The Labute approximate surface area is 167 Å². The number of aryl methyl sites for hydroxylation is 1. The summed E-state index contributed by atoms with van der Waals surface area (Å²) in [6.07, 6.45) is 4.77. The van der Waals surface area contributed by atoms with E-state index in [9.17, 15) is 4.79 Å². The standard InChI is InChI=1S/C21H20N4O2S/c1-12-5-7-13(8-6-12)19-18-15(22-20-23-21(28-2)24-25(19)20)10-14(11-16(18)26)17-4-3-9-27-17/h3-9,14,19H,10-11H2,1-2H3,(H,22,23,24). The molecule has 1 aromatic carbocycles. The maximum atomic E-state index is 13.3. The first-order valence-corrected chi connectivity index (χ1v) is 10.5. The molecule has 0 radical (unpaired) electrons. The second-order valence-corrected chi connectivity index (χ2v) is 8.01. The number of nitrogens with zero attached hydrogens (tertiary/aromatic N) is 3. The van der Waals surface area contributed by atoms with E-state index in [4.69, 9.17) is 4.42 Å². The molecule has 3 heterocycles. The lowest BCUT2D eigenvalue weighted by Gasteiger charge is -2.34. The average molecular weight is 392 g/mol. The summed E-state index contributed by atoms with van der Waals surface area (Å²) in [5.41, 5.74) is 3.94. The summed E-state index contributed by atoms with van der Waals surface area (Å²) in [6, 6.07) is 11.8. The molecule has 5 rings (SSSR count). The lowest BCUT2D eigenvalue weighted by atomic mass is 9.79. The molecule has 2 aliphatic rings. The predicted molar refractivity (Wildman–Crippen MR) is 107 cm³/mol. The number of rotatable bonds is 3. The van der Waals surface area contributed by atoms with Crippen molar-refractivity contribution < 1.29 is 9.21 Å². The minimum atomic E-state index is -0.259. The Bertz CT molecular complexity index is 1070. The van der Waals surface area contributed by atoms with Gasteiger partial charge in [-0.1, -0.05) is 41.6 Å². The number of aromatic nitrogens is 3. The summed E-state index contributed by atoms with van der Waals surface area (Å²) < 4.78 is 7.43. The SMILES string of the molecule is CSc1nc2n(n1)C(c1ccc(C)cc1)C1=C(CC(c3ccco3)CC1=O)N2. The average Bonchev–Trinajstić information content (AvgIpc) is 3.36. The van der Waals surface area contributed by atoms with Crippen LogP contribution < -0.4 is 5.32 Å². The zero-order valence-electron chi connectivity index (χ0n) is 15.7. The summed E-state index contributed by atoms with van der Waals surface area (Å²) >= 11 is 1.49. The second kappa shape index (κ2) is 6.67. The Morgan fingerprint density at radius 2 is 2.04 bits per heavy atom. The highest BCUT2D eigenvalue weighted by Gasteiger charge is 2.40. The van der Waals surface area contributed by atoms with Gasteiger partial charge >= 0.3 is 0 Å². The highest BCUT2D eigenvalue weighted by Crippen LogP contribution is 2.44. The number of Topliss-reactive ketones (excluding diaryl/α,β-unsaturated/α-hetero) is 1. The number of anilines is 1. The maximum absolute atomic E-state index is 13.3. The molecule has 2 aromatic heterocycles. The van der Waals surface area contributed by atoms with E-state index in [1.54, 1.807) is 6.26 Å². The molecular weight excluding hydrogens is 372 g/mol. The fraction of sp³-hybridized carbons (Fsp3) is 0.286. The molecule has 142 valence electrons. The van der Waals surface area contributed by atoms with E-state index in [-0.39, 0.29) is 17.7 Å². The van der Waals surface area contributed by atoms with E-state index in [1.165, 1.54) is 17.3 Å². The molecule has 0 fully saturated rings. The molecule has 0 bridgehead atoms. The van der Waals surface area contributed by atoms with Gasteiger partial charge in [0.05, 0.1) is 6.26 Å². The van der Waals surface area contributed by atoms with Crippen LogP contribution in [0.1, 0.15) is 41.7 Å². The molecular formula is C21H20N4O2S. The third-order valence-corrected chi connectivity index (χ3v) is 5.96. The van der Waals surface area contributed by atoms with Crippen LogP contribution in [0.15, 0.2) is 63.5 Å². The summed E-state index contributed by atoms with van der Waals surface area (Å²) in [7, 11) is 0. The van der Waals surface area contributed by atoms with Crippen LogP contribution >= 0.6 is 11.8 Å². The number of hydrogen-bond acceptors (Lipinski definition) is 6. The minimum absolute atomic E-state index is 0.0434. The Morgan fingerprint density at radius 3 is 2.75 bits per heavy atom. The van der Waals surface area contributed by atoms with E-state index in [1.807, 2.05) is 23.1 Å². The van der Waals surface area contributed by atoms with Gasteiger partial charge in [-0.25, -0.2) is 4.68 Å². The molecule has 1 aliphatic carbocycles. The number of hydrogen-bond donors (Lipinski definition) is 1. The molecule has 28 heavy (non-hydrogen) atoms. The summed E-state index contributed by atoms with van der Waals surface area (Å²) in [5, 5.41) is 8.71. The van der Waals surface area contributed by atoms with Gasteiger partial charge < -0.3 is 9.73 Å².